The van der Waals surface area contributed by atoms with Gasteiger partial charge in [-0.1, -0.05) is 18.5 Å². The maximum absolute atomic E-state index is 12.1. The monoisotopic (exact) mass is 311 g/mol. The van der Waals surface area contributed by atoms with Crippen molar-refractivity contribution in [1.82, 2.24) is 14.3 Å². The molecular formula is C12H14ClN5OS. The highest BCUT2D eigenvalue weighted by molar-refractivity contribution is 7.09. The first kappa shape index (κ1) is 14.7. The van der Waals surface area contributed by atoms with Gasteiger partial charge in [-0.15, -0.1) is 0 Å². The summed E-state index contributed by atoms with van der Waals surface area (Å²) in [6.45, 7) is 4.59. The molecule has 0 fully saturated rings. The standard InChI is InChI=1S/C12H14ClN5OS/c1-3-6-14-9-5-4-8(13)10(16-9)11(19)17-12-15-7(2)18-20-12/h4-5H,3,6H2,1-2H3,(H,14,16)(H,15,17,18,19). The molecule has 2 rings (SSSR count). The van der Waals surface area contributed by atoms with Crippen molar-refractivity contribution in [2.45, 2.75) is 20.3 Å². The lowest BCUT2D eigenvalue weighted by atomic mass is 10.3. The molecule has 0 bridgehead atoms. The molecule has 2 N–H and O–H groups in total. The van der Waals surface area contributed by atoms with Crippen LogP contribution in [0.1, 0.15) is 29.7 Å². The van der Waals surface area contributed by atoms with Crippen molar-refractivity contribution in [3.8, 4) is 0 Å². The second-order valence-corrected chi connectivity index (χ2v) is 5.21. The van der Waals surface area contributed by atoms with Crippen molar-refractivity contribution in [3.05, 3.63) is 28.7 Å². The zero-order chi connectivity index (χ0) is 14.5. The van der Waals surface area contributed by atoms with E-state index in [0.717, 1.165) is 24.5 Å². The molecule has 0 spiro atoms. The van der Waals surface area contributed by atoms with Crippen LogP contribution in [0.5, 0.6) is 0 Å². The Kier molecular flexibility index (Phi) is 4.86. The van der Waals surface area contributed by atoms with E-state index in [1.54, 1.807) is 19.1 Å². The maximum atomic E-state index is 12.1. The van der Waals surface area contributed by atoms with Gasteiger partial charge in [0, 0.05) is 18.1 Å². The van der Waals surface area contributed by atoms with Crippen LogP contribution in [0.2, 0.25) is 5.02 Å². The predicted molar refractivity (Wildman–Crippen MR) is 80.6 cm³/mol. The zero-order valence-corrected chi connectivity index (χ0v) is 12.7. The number of rotatable bonds is 5. The number of hydrogen-bond donors (Lipinski definition) is 2. The number of nitrogens with one attached hydrogen (secondary N) is 2. The van der Waals surface area contributed by atoms with Gasteiger partial charge in [-0.3, -0.25) is 10.1 Å². The van der Waals surface area contributed by atoms with Gasteiger partial charge in [-0.2, -0.15) is 4.37 Å². The smallest absolute Gasteiger partial charge is 0.277 e. The second kappa shape index (κ2) is 6.62. The Balaban J connectivity index is 2.15. The Hall–Kier alpha value is -1.73. The van der Waals surface area contributed by atoms with Crippen molar-refractivity contribution in [3.63, 3.8) is 0 Å². The van der Waals surface area contributed by atoms with Crippen molar-refractivity contribution in [2.24, 2.45) is 0 Å². The van der Waals surface area contributed by atoms with Crippen LogP contribution in [-0.4, -0.2) is 26.8 Å². The van der Waals surface area contributed by atoms with E-state index in [2.05, 4.69) is 25.0 Å². The summed E-state index contributed by atoms with van der Waals surface area (Å²) in [6, 6.07) is 3.39. The van der Waals surface area contributed by atoms with Gasteiger partial charge < -0.3 is 5.32 Å². The normalized spacial score (nSPS) is 10.3. The summed E-state index contributed by atoms with van der Waals surface area (Å²) >= 11 is 7.13. The maximum Gasteiger partial charge on any atom is 0.277 e. The highest BCUT2D eigenvalue weighted by Crippen LogP contribution is 2.19. The zero-order valence-electron chi connectivity index (χ0n) is 11.1. The summed E-state index contributed by atoms with van der Waals surface area (Å²) in [5.74, 6) is 0.837. The molecule has 0 saturated heterocycles. The van der Waals surface area contributed by atoms with E-state index in [9.17, 15) is 4.79 Å². The number of carbonyl (C=O) groups excluding carboxylic acids is 1. The van der Waals surface area contributed by atoms with Crippen molar-refractivity contribution >= 4 is 40.0 Å². The lowest BCUT2D eigenvalue weighted by molar-refractivity contribution is 0.102. The average molecular weight is 312 g/mol. The van der Waals surface area contributed by atoms with Gasteiger partial charge >= 0.3 is 0 Å². The summed E-state index contributed by atoms with van der Waals surface area (Å²) in [5.41, 5.74) is 0.167. The van der Waals surface area contributed by atoms with Crippen LogP contribution in [0, 0.1) is 6.92 Å². The Morgan fingerprint density at radius 1 is 1.40 bits per heavy atom. The van der Waals surface area contributed by atoms with E-state index in [-0.39, 0.29) is 5.69 Å². The molecule has 0 aliphatic rings. The minimum absolute atomic E-state index is 0.167. The minimum atomic E-state index is -0.397. The van der Waals surface area contributed by atoms with Gasteiger partial charge in [0.05, 0.1) is 5.02 Å². The van der Waals surface area contributed by atoms with Crippen LogP contribution in [0.3, 0.4) is 0 Å². The van der Waals surface area contributed by atoms with Crippen LogP contribution >= 0.6 is 23.1 Å². The molecule has 106 valence electrons. The number of aromatic nitrogens is 3. The number of hydrogen-bond acceptors (Lipinski definition) is 6. The summed E-state index contributed by atoms with van der Waals surface area (Å²) in [7, 11) is 0. The van der Waals surface area contributed by atoms with E-state index in [4.69, 9.17) is 11.6 Å². The molecule has 0 aliphatic carbocycles. The molecule has 2 aromatic rings. The van der Waals surface area contributed by atoms with Crippen LogP contribution in [0.25, 0.3) is 0 Å². The fourth-order valence-corrected chi connectivity index (χ4v) is 2.22. The first-order valence-electron chi connectivity index (χ1n) is 6.12. The van der Waals surface area contributed by atoms with E-state index < -0.39 is 5.91 Å². The summed E-state index contributed by atoms with van der Waals surface area (Å²) in [6.07, 6.45) is 0.968. The lowest BCUT2D eigenvalue weighted by Crippen LogP contribution is -2.15. The van der Waals surface area contributed by atoms with Gasteiger partial charge in [-0.05, 0) is 25.5 Å². The lowest BCUT2D eigenvalue weighted by Gasteiger charge is -2.07. The van der Waals surface area contributed by atoms with E-state index in [1.165, 1.54) is 0 Å². The molecule has 8 heteroatoms. The van der Waals surface area contributed by atoms with Gasteiger partial charge in [0.2, 0.25) is 5.13 Å². The van der Waals surface area contributed by atoms with Crippen LogP contribution < -0.4 is 10.6 Å². The quantitative estimate of drug-likeness (QED) is 0.887. The molecule has 0 atom stereocenters. The number of amides is 1. The molecule has 2 heterocycles. The molecule has 20 heavy (non-hydrogen) atoms. The first-order chi connectivity index (χ1) is 9.60. The number of aryl methyl sites for hydroxylation is 1. The molecule has 0 unspecified atom stereocenters. The Labute approximate surface area is 125 Å². The molecule has 0 saturated carbocycles. The fraction of sp³-hybridized carbons (Fsp3) is 0.333. The van der Waals surface area contributed by atoms with E-state index in [1.807, 2.05) is 6.92 Å². The molecule has 1 amide bonds. The van der Waals surface area contributed by atoms with Crippen LogP contribution in [0.15, 0.2) is 12.1 Å². The van der Waals surface area contributed by atoms with Crippen LogP contribution in [0.4, 0.5) is 10.9 Å². The highest BCUT2D eigenvalue weighted by Gasteiger charge is 2.15. The van der Waals surface area contributed by atoms with Crippen molar-refractivity contribution in [1.29, 1.82) is 0 Å². The summed E-state index contributed by atoms with van der Waals surface area (Å²) < 4.78 is 3.99. The number of halogens is 1. The SMILES string of the molecule is CCCNc1ccc(Cl)c(C(=O)Nc2nc(C)ns2)n1. The number of carbonyl (C=O) groups is 1. The third-order valence-corrected chi connectivity index (χ3v) is 3.39. The Bertz CT molecular complexity index is 616. The number of pyridine rings is 1. The molecule has 6 nitrogen and oxygen atoms in total. The third kappa shape index (κ3) is 3.64. The molecule has 0 aliphatic heterocycles. The van der Waals surface area contributed by atoms with Gasteiger partial charge in [-0.25, -0.2) is 9.97 Å². The largest absolute Gasteiger partial charge is 0.370 e. The molecular weight excluding hydrogens is 298 g/mol. The van der Waals surface area contributed by atoms with Gasteiger partial charge in [0.1, 0.15) is 17.3 Å². The fourth-order valence-electron chi connectivity index (χ4n) is 1.46. The van der Waals surface area contributed by atoms with Crippen molar-refractivity contribution < 1.29 is 4.79 Å². The van der Waals surface area contributed by atoms with E-state index >= 15 is 0 Å². The van der Waals surface area contributed by atoms with Gasteiger partial charge in [0.25, 0.3) is 5.91 Å². The summed E-state index contributed by atoms with van der Waals surface area (Å²) in [4.78, 5) is 20.4. The number of anilines is 2. The third-order valence-electron chi connectivity index (χ3n) is 2.37. The minimum Gasteiger partial charge on any atom is -0.370 e. The first-order valence-corrected chi connectivity index (χ1v) is 7.27. The second-order valence-electron chi connectivity index (χ2n) is 4.05. The number of nitrogens with zero attached hydrogens (tertiary/aromatic N) is 3. The predicted octanol–water partition coefficient (Wildman–Crippen LogP) is 2.97. The average Bonchev–Trinajstić information content (AvgIpc) is 2.83. The van der Waals surface area contributed by atoms with Crippen LogP contribution in [-0.2, 0) is 0 Å². The molecule has 0 radical (unpaired) electrons. The highest BCUT2D eigenvalue weighted by atomic mass is 35.5. The molecule has 0 aromatic carbocycles. The molecule has 2 aromatic heterocycles. The Morgan fingerprint density at radius 3 is 2.85 bits per heavy atom. The summed E-state index contributed by atoms with van der Waals surface area (Å²) in [5, 5.41) is 6.47. The van der Waals surface area contributed by atoms with E-state index in [0.29, 0.717) is 21.8 Å². The topological polar surface area (TPSA) is 79.8 Å². The van der Waals surface area contributed by atoms with Gasteiger partial charge in [0.15, 0.2) is 0 Å². The van der Waals surface area contributed by atoms with Crippen molar-refractivity contribution in [2.75, 3.05) is 17.2 Å². The Morgan fingerprint density at radius 2 is 2.20 bits per heavy atom.